The van der Waals surface area contributed by atoms with Crippen molar-refractivity contribution in [2.75, 3.05) is 6.61 Å². The standard InChI is InChI=1S/C56H93NO12SSi/c1-7-8-9-10-11-12-13-14-21-32-41-48(65-51(58)42-33-22-17-15-19-26-35-46-37-28-24-29-38-46)54(60)56(69-57)44-49(53(68-70(61,62)63)50(67-56)45-64-71(5,6)55(2,3)4)66-52(59)43-34-23-18-16-20-27-36-47-39-30-25-31-40-47/h24-25,28-31,37-40,48-50,53H,7-23,26-27,32-36,41-45,57H2,1-6H3,(H,61,62,63)/t48?,49-,50+,53-,56?/m0/s1. The van der Waals surface area contributed by atoms with E-state index in [2.05, 4.69) is 43.3 Å². The number of rotatable bonds is 39. The Balaban J connectivity index is 1.76. The van der Waals surface area contributed by atoms with Gasteiger partial charge in [-0.1, -0.05) is 198 Å². The molecule has 3 N–H and O–H groups in total. The molecular weight excluding hydrogens is 939 g/mol. The molecule has 13 nitrogen and oxygen atoms in total. The summed E-state index contributed by atoms with van der Waals surface area (Å²) in [5.74, 6) is 1.68. The Morgan fingerprint density at radius 3 is 1.62 bits per heavy atom. The number of carbonyl (C=O) groups excluding carboxylic acids is 3. The van der Waals surface area contributed by atoms with E-state index in [4.69, 9.17) is 33.6 Å². The minimum atomic E-state index is -5.15. The summed E-state index contributed by atoms with van der Waals surface area (Å²) < 4.78 is 65.0. The van der Waals surface area contributed by atoms with E-state index in [1.54, 1.807) is 0 Å². The van der Waals surface area contributed by atoms with Crippen LogP contribution in [-0.2, 0) is 65.3 Å². The van der Waals surface area contributed by atoms with Crippen LogP contribution >= 0.6 is 0 Å². The molecule has 0 bridgehead atoms. The fourth-order valence-corrected chi connectivity index (χ4v) is 10.5. The average molecular weight is 1030 g/mol. The molecule has 0 amide bonds. The van der Waals surface area contributed by atoms with E-state index in [9.17, 15) is 27.4 Å². The summed E-state index contributed by atoms with van der Waals surface area (Å²) in [4.78, 5) is 47.7. The summed E-state index contributed by atoms with van der Waals surface area (Å²) in [7, 11) is -7.73. The Bertz CT molecular complexity index is 1880. The van der Waals surface area contributed by atoms with Crippen molar-refractivity contribution in [1.29, 1.82) is 0 Å². The van der Waals surface area contributed by atoms with Crippen LogP contribution in [-0.4, -0.2) is 75.8 Å². The number of esters is 2. The van der Waals surface area contributed by atoms with Gasteiger partial charge in [-0.15, -0.1) is 0 Å². The molecule has 15 heteroatoms. The number of carbonyl (C=O) groups is 3. The normalized spacial score (nSPS) is 19.1. The van der Waals surface area contributed by atoms with Crippen LogP contribution in [0.25, 0.3) is 0 Å². The molecule has 0 aromatic heterocycles. The third-order valence-corrected chi connectivity index (χ3v) is 19.3. The maximum Gasteiger partial charge on any atom is 0.397 e. The Morgan fingerprint density at radius 2 is 1.15 bits per heavy atom. The number of ketones is 1. The van der Waals surface area contributed by atoms with Gasteiger partial charge in [0.2, 0.25) is 5.78 Å². The molecule has 1 aliphatic heterocycles. The fraction of sp³-hybridized carbons (Fsp3) is 0.732. The van der Waals surface area contributed by atoms with Crippen molar-refractivity contribution in [3.63, 3.8) is 0 Å². The van der Waals surface area contributed by atoms with Gasteiger partial charge >= 0.3 is 22.3 Å². The molecule has 2 aromatic carbocycles. The topological polar surface area (TPSA) is 187 Å². The van der Waals surface area contributed by atoms with Crippen LogP contribution in [0.5, 0.6) is 0 Å². The van der Waals surface area contributed by atoms with E-state index >= 15 is 0 Å². The van der Waals surface area contributed by atoms with Crippen LogP contribution in [0.1, 0.15) is 206 Å². The average Bonchev–Trinajstić information content (AvgIpc) is 3.33. The van der Waals surface area contributed by atoms with Crippen LogP contribution < -0.4 is 5.90 Å². The third kappa shape index (κ3) is 25.2. The van der Waals surface area contributed by atoms with E-state index in [1.807, 2.05) is 58.1 Å². The van der Waals surface area contributed by atoms with Gasteiger partial charge in [-0.3, -0.25) is 23.8 Å². The first-order valence-electron chi connectivity index (χ1n) is 27.3. The third-order valence-electron chi connectivity index (χ3n) is 14.3. The van der Waals surface area contributed by atoms with Gasteiger partial charge in [0, 0.05) is 12.8 Å². The van der Waals surface area contributed by atoms with E-state index in [0.29, 0.717) is 19.3 Å². The molecular formula is C56H93NO12SSi. The lowest BCUT2D eigenvalue weighted by Crippen LogP contribution is -2.65. The molecule has 2 unspecified atom stereocenters. The number of hydrogen-bond acceptors (Lipinski definition) is 12. The minimum Gasteiger partial charge on any atom is -0.459 e. The highest BCUT2D eigenvalue weighted by Gasteiger charge is 2.58. The first-order chi connectivity index (χ1) is 33.9. The van der Waals surface area contributed by atoms with Crippen LogP contribution in [0, 0.1) is 0 Å². The molecule has 3 rings (SSSR count). The fourth-order valence-electron chi connectivity index (χ4n) is 8.93. The zero-order valence-corrected chi connectivity index (χ0v) is 46.3. The predicted octanol–water partition coefficient (Wildman–Crippen LogP) is 13.2. The number of aryl methyl sites for hydroxylation is 2. The molecule has 0 saturated carbocycles. The van der Waals surface area contributed by atoms with E-state index in [-0.39, 0.29) is 30.9 Å². The SMILES string of the molecule is CCCCCCCCCCCCC(OC(=O)CCCCCCCCc1ccccc1)C(=O)C1(ON)C[C@H](OC(=O)CCCCCCCCc2ccccc2)[C@H](OS(=O)(=O)O)[C@@H](CO[Si](C)(C)C(C)(C)C)O1. The van der Waals surface area contributed by atoms with Crippen LogP contribution in [0.2, 0.25) is 18.1 Å². The molecule has 5 atom stereocenters. The smallest absolute Gasteiger partial charge is 0.397 e. The van der Waals surface area contributed by atoms with Crippen molar-refractivity contribution in [1.82, 2.24) is 0 Å². The van der Waals surface area contributed by atoms with Gasteiger partial charge in [0.15, 0.2) is 14.4 Å². The van der Waals surface area contributed by atoms with Gasteiger partial charge in [0.1, 0.15) is 18.3 Å². The van der Waals surface area contributed by atoms with Gasteiger partial charge in [0.05, 0.1) is 13.0 Å². The number of benzene rings is 2. The highest BCUT2D eigenvalue weighted by atomic mass is 32.3. The molecule has 0 spiro atoms. The molecule has 1 saturated heterocycles. The van der Waals surface area contributed by atoms with Gasteiger partial charge in [-0.05, 0) is 80.6 Å². The molecule has 2 aromatic rings. The monoisotopic (exact) mass is 1030 g/mol. The number of hydrogen-bond donors (Lipinski definition) is 2. The molecule has 1 heterocycles. The summed E-state index contributed by atoms with van der Waals surface area (Å²) in [6, 6.07) is 20.8. The molecule has 404 valence electrons. The lowest BCUT2D eigenvalue weighted by Gasteiger charge is -2.46. The Morgan fingerprint density at radius 1 is 0.704 bits per heavy atom. The Kier molecular flexibility index (Phi) is 29.6. The zero-order valence-electron chi connectivity index (χ0n) is 44.5. The number of Topliss-reactive ketones (excluding diaryl/α,β-unsaturated/α-hetero) is 1. The van der Waals surface area contributed by atoms with E-state index in [1.165, 1.54) is 43.2 Å². The summed E-state index contributed by atoms with van der Waals surface area (Å²) in [5.41, 5.74) is 2.64. The first-order valence-corrected chi connectivity index (χ1v) is 31.5. The zero-order chi connectivity index (χ0) is 52.0. The number of nitrogens with two attached hydrogens (primary N) is 1. The second-order valence-electron chi connectivity index (χ2n) is 21.3. The number of ether oxygens (including phenoxy) is 3. The highest BCUT2D eigenvalue weighted by molar-refractivity contribution is 7.80. The summed E-state index contributed by atoms with van der Waals surface area (Å²) in [6.45, 7) is 11.9. The van der Waals surface area contributed by atoms with Crippen LogP contribution in [0.3, 0.4) is 0 Å². The Hall–Kier alpha value is -3.02. The van der Waals surface area contributed by atoms with Gasteiger partial charge in [-0.2, -0.15) is 8.42 Å². The lowest BCUT2D eigenvalue weighted by molar-refractivity contribution is -0.308. The van der Waals surface area contributed by atoms with Crippen molar-refractivity contribution < 1.29 is 55.0 Å². The maximum absolute atomic E-state index is 15.0. The Labute approximate surface area is 429 Å². The molecule has 0 aliphatic carbocycles. The largest absolute Gasteiger partial charge is 0.459 e. The second-order valence-corrected chi connectivity index (χ2v) is 27.2. The first kappa shape index (κ1) is 62.3. The van der Waals surface area contributed by atoms with Crippen molar-refractivity contribution in [2.24, 2.45) is 5.90 Å². The lowest BCUT2D eigenvalue weighted by atomic mass is 9.89. The quantitative estimate of drug-likeness (QED) is 0.0212. The molecule has 0 radical (unpaired) electrons. The maximum atomic E-state index is 15.0. The van der Waals surface area contributed by atoms with Gasteiger partial charge in [-0.25, -0.2) is 10.1 Å². The van der Waals surface area contributed by atoms with Crippen LogP contribution in [0.15, 0.2) is 60.7 Å². The molecule has 1 aliphatic rings. The molecule has 1 fully saturated rings. The summed E-state index contributed by atoms with van der Waals surface area (Å²) >= 11 is 0. The van der Waals surface area contributed by atoms with Crippen molar-refractivity contribution in [3.05, 3.63) is 71.8 Å². The van der Waals surface area contributed by atoms with Gasteiger partial charge < -0.3 is 18.6 Å². The highest BCUT2D eigenvalue weighted by Crippen LogP contribution is 2.40. The number of unbranched alkanes of at least 4 members (excludes halogenated alkanes) is 19. The minimum absolute atomic E-state index is 0.0161. The van der Waals surface area contributed by atoms with Crippen molar-refractivity contribution >= 4 is 36.4 Å². The van der Waals surface area contributed by atoms with E-state index in [0.717, 1.165) is 103 Å². The predicted molar refractivity (Wildman–Crippen MR) is 283 cm³/mol. The summed E-state index contributed by atoms with van der Waals surface area (Å²) in [6.07, 6.45) is 17.5. The van der Waals surface area contributed by atoms with Crippen molar-refractivity contribution in [3.8, 4) is 0 Å². The van der Waals surface area contributed by atoms with E-state index < -0.39 is 73.1 Å². The van der Waals surface area contributed by atoms with Crippen LogP contribution in [0.4, 0.5) is 0 Å². The second kappa shape index (κ2) is 33.7. The molecule has 71 heavy (non-hydrogen) atoms. The van der Waals surface area contributed by atoms with Crippen molar-refractivity contribution in [2.45, 2.75) is 256 Å². The van der Waals surface area contributed by atoms with Gasteiger partial charge in [0.25, 0.3) is 5.79 Å². The summed E-state index contributed by atoms with van der Waals surface area (Å²) in [5, 5.41) is -0.289.